The number of rotatable bonds is 8. The second-order valence-corrected chi connectivity index (χ2v) is 10.2. The molecule has 1 heterocycles. The molecular formula is C22H26N4O3S2. The summed E-state index contributed by atoms with van der Waals surface area (Å²) in [5.41, 5.74) is 8.93. The number of nitrogens with two attached hydrogens (primary N) is 1. The van der Waals surface area contributed by atoms with E-state index in [0.29, 0.717) is 16.5 Å². The van der Waals surface area contributed by atoms with Crippen LogP contribution in [0.25, 0.3) is 0 Å². The maximum absolute atomic E-state index is 13.3. The molecule has 0 spiro atoms. The molecule has 0 aliphatic rings. The summed E-state index contributed by atoms with van der Waals surface area (Å²) >= 11 is 1.27. The van der Waals surface area contributed by atoms with Crippen molar-refractivity contribution >= 4 is 39.0 Å². The van der Waals surface area contributed by atoms with Gasteiger partial charge in [-0.05, 0) is 48.9 Å². The fourth-order valence-corrected chi connectivity index (χ4v) is 5.63. The minimum Gasteiger partial charge on any atom is -0.383 e. The van der Waals surface area contributed by atoms with Crippen LogP contribution in [0.15, 0.2) is 63.3 Å². The molecule has 0 saturated carbocycles. The third kappa shape index (κ3) is 5.11. The Labute approximate surface area is 187 Å². The number of hydrogen-bond donors (Lipinski definition) is 2. The van der Waals surface area contributed by atoms with Gasteiger partial charge in [0, 0.05) is 5.69 Å². The van der Waals surface area contributed by atoms with Crippen LogP contribution in [0.3, 0.4) is 0 Å². The predicted molar refractivity (Wildman–Crippen MR) is 124 cm³/mol. The Morgan fingerprint density at radius 2 is 1.87 bits per heavy atom. The number of anilines is 2. The minimum atomic E-state index is -3.88. The zero-order valence-corrected chi connectivity index (χ0v) is 19.4. The molecule has 0 fully saturated rings. The highest BCUT2D eigenvalue weighted by molar-refractivity contribution is 8.00. The number of nitrogens with one attached hydrogen (secondary N) is 1. The lowest BCUT2D eigenvalue weighted by atomic mass is 10.1. The van der Waals surface area contributed by atoms with Gasteiger partial charge in [-0.1, -0.05) is 43.7 Å². The smallest absolute Gasteiger partial charge is 0.246 e. The molecule has 3 N–H and O–H groups in total. The molecule has 2 aromatic carbocycles. The number of carbonyl (C=O) groups excluding carboxylic acids is 1. The first-order chi connectivity index (χ1) is 14.8. The lowest BCUT2D eigenvalue weighted by Gasteiger charge is -2.09. The number of carbonyl (C=O) groups is 1. The van der Waals surface area contributed by atoms with Gasteiger partial charge in [0.2, 0.25) is 15.7 Å². The summed E-state index contributed by atoms with van der Waals surface area (Å²) in [6.07, 6.45) is 0.855. The van der Waals surface area contributed by atoms with Crippen LogP contribution in [0.4, 0.5) is 11.5 Å². The number of hydrogen-bond acceptors (Lipinski definition) is 6. The molecule has 3 aromatic rings. The summed E-state index contributed by atoms with van der Waals surface area (Å²) in [7, 11) is -3.88. The summed E-state index contributed by atoms with van der Waals surface area (Å²) in [5.74, 6) is 0.229. The fourth-order valence-electron chi connectivity index (χ4n) is 3.08. The van der Waals surface area contributed by atoms with Gasteiger partial charge < -0.3 is 11.1 Å². The quantitative estimate of drug-likeness (QED) is 0.496. The molecule has 164 valence electrons. The van der Waals surface area contributed by atoms with Crippen molar-refractivity contribution in [2.75, 3.05) is 16.8 Å². The molecule has 0 aliphatic heterocycles. The third-order valence-electron chi connectivity index (χ3n) is 4.71. The third-order valence-corrected chi connectivity index (χ3v) is 7.52. The van der Waals surface area contributed by atoms with Gasteiger partial charge in [-0.3, -0.25) is 4.79 Å². The highest BCUT2D eigenvalue weighted by atomic mass is 32.2. The van der Waals surface area contributed by atoms with Crippen molar-refractivity contribution in [3.8, 4) is 0 Å². The van der Waals surface area contributed by atoms with Gasteiger partial charge in [-0.15, -0.1) is 11.8 Å². The van der Waals surface area contributed by atoms with Gasteiger partial charge >= 0.3 is 0 Å². The molecule has 1 aromatic heterocycles. The molecule has 0 unspecified atom stereocenters. The zero-order chi connectivity index (χ0) is 22.6. The standard InChI is InChI=1S/C22H26N4O3S2/c1-4-16-7-6-8-17(13-16)24-19(27)14-26-21(23)20(22(25-26)30-5-2)31(28,29)18-11-9-15(3)10-12-18/h6-13H,4-5,14,23H2,1-3H3,(H,24,27). The molecule has 1 amide bonds. The van der Waals surface area contributed by atoms with Crippen LogP contribution < -0.4 is 11.1 Å². The molecule has 0 atom stereocenters. The zero-order valence-electron chi connectivity index (χ0n) is 17.8. The highest BCUT2D eigenvalue weighted by Crippen LogP contribution is 2.34. The van der Waals surface area contributed by atoms with E-state index in [9.17, 15) is 13.2 Å². The maximum atomic E-state index is 13.3. The summed E-state index contributed by atoms with van der Waals surface area (Å²) in [5, 5.41) is 7.45. The van der Waals surface area contributed by atoms with Crippen molar-refractivity contribution in [1.29, 1.82) is 0 Å². The summed E-state index contributed by atoms with van der Waals surface area (Å²) in [4.78, 5) is 12.7. The van der Waals surface area contributed by atoms with E-state index < -0.39 is 9.84 Å². The van der Waals surface area contributed by atoms with E-state index in [2.05, 4.69) is 10.4 Å². The number of amides is 1. The average molecular weight is 459 g/mol. The van der Waals surface area contributed by atoms with Gasteiger partial charge in [0.05, 0.1) is 4.90 Å². The van der Waals surface area contributed by atoms with Crippen LogP contribution in [-0.4, -0.2) is 29.9 Å². The van der Waals surface area contributed by atoms with E-state index in [-0.39, 0.29) is 28.1 Å². The molecule has 3 rings (SSSR count). The van der Waals surface area contributed by atoms with Gasteiger partial charge in [-0.2, -0.15) is 5.10 Å². The van der Waals surface area contributed by atoms with E-state index in [1.54, 1.807) is 30.3 Å². The Morgan fingerprint density at radius 3 is 2.52 bits per heavy atom. The van der Waals surface area contributed by atoms with Crippen molar-refractivity contribution < 1.29 is 13.2 Å². The Bertz CT molecular complexity index is 1190. The van der Waals surface area contributed by atoms with Gasteiger partial charge in [0.15, 0.2) is 0 Å². The predicted octanol–water partition coefficient (Wildman–Crippen LogP) is 3.92. The highest BCUT2D eigenvalue weighted by Gasteiger charge is 2.30. The van der Waals surface area contributed by atoms with Crippen LogP contribution in [0.5, 0.6) is 0 Å². The van der Waals surface area contributed by atoms with Crippen molar-refractivity contribution in [3.63, 3.8) is 0 Å². The van der Waals surface area contributed by atoms with E-state index in [0.717, 1.165) is 17.5 Å². The summed E-state index contributed by atoms with van der Waals surface area (Å²) < 4.78 is 27.8. The molecule has 9 heteroatoms. The van der Waals surface area contributed by atoms with Crippen LogP contribution in [0, 0.1) is 6.92 Å². The number of nitrogen functional groups attached to an aromatic ring is 1. The second kappa shape index (κ2) is 9.57. The average Bonchev–Trinajstić information content (AvgIpc) is 3.04. The van der Waals surface area contributed by atoms with Crippen molar-refractivity contribution in [2.24, 2.45) is 0 Å². The minimum absolute atomic E-state index is 0.0472. The molecular weight excluding hydrogens is 432 g/mol. The van der Waals surface area contributed by atoms with Crippen molar-refractivity contribution in [2.45, 2.75) is 48.6 Å². The molecule has 0 aliphatic carbocycles. The number of nitrogens with zero attached hydrogens (tertiary/aromatic N) is 2. The van der Waals surface area contributed by atoms with Crippen molar-refractivity contribution in [3.05, 3.63) is 59.7 Å². The van der Waals surface area contributed by atoms with Crippen LogP contribution in [-0.2, 0) is 27.6 Å². The van der Waals surface area contributed by atoms with E-state index in [1.807, 2.05) is 39.0 Å². The van der Waals surface area contributed by atoms with Crippen LogP contribution >= 0.6 is 11.8 Å². The van der Waals surface area contributed by atoms with Crippen molar-refractivity contribution in [1.82, 2.24) is 9.78 Å². The maximum Gasteiger partial charge on any atom is 0.246 e. The SMILES string of the molecule is CCSc1nn(CC(=O)Nc2cccc(CC)c2)c(N)c1S(=O)(=O)c1ccc(C)cc1. The van der Waals surface area contributed by atoms with Gasteiger partial charge in [0.25, 0.3) is 0 Å². The van der Waals surface area contributed by atoms with E-state index in [4.69, 9.17) is 5.73 Å². The van der Waals surface area contributed by atoms with Gasteiger partial charge in [0.1, 0.15) is 22.3 Å². The molecule has 0 radical (unpaired) electrons. The number of thioether (sulfide) groups is 1. The molecule has 7 nitrogen and oxygen atoms in total. The monoisotopic (exact) mass is 458 g/mol. The largest absolute Gasteiger partial charge is 0.383 e. The number of aryl methyl sites for hydroxylation is 2. The first-order valence-electron chi connectivity index (χ1n) is 9.95. The number of benzene rings is 2. The van der Waals surface area contributed by atoms with Gasteiger partial charge in [-0.25, -0.2) is 13.1 Å². The van der Waals surface area contributed by atoms with Crippen LogP contribution in [0.1, 0.15) is 25.0 Å². The number of sulfone groups is 1. The molecule has 0 bridgehead atoms. The Morgan fingerprint density at radius 1 is 1.16 bits per heavy atom. The topological polar surface area (TPSA) is 107 Å². The first-order valence-corrected chi connectivity index (χ1v) is 12.4. The summed E-state index contributed by atoms with van der Waals surface area (Å²) in [6.45, 7) is 5.63. The number of aromatic nitrogens is 2. The van der Waals surface area contributed by atoms with E-state index >= 15 is 0 Å². The Hall–Kier alpha value is -2.78. The molecule has 0 saturated heterocycles. The second-order valence-electron chi connectivity index (χ2n) is 7.03. The fraction of sp³-hybridized carbons (Fsp3) is 0.273. The van der Waals surface area contributed by atoms with Crippen LogP contribution in [0.2, 0.25) is 0 Å². The molecule has 31 heavy (non-hydrogen) atoms. The summed E-state index contributed by atoms with van der Waals surface area (Å²) in [6, 6.07) is 14.1. The lowest BCUT2D eigenvalue weighted by Crippen LogP contribution is -2.21. The normalized spacial score (nSPS) is 11.5. The lowest BCUT2D eigenvalue weighted by molar-refractivity contribution is -0.116. The Balaban J connectivity index is 1.92. The Kier molecular flexibility index (Phi) is 7.07. The van der Waals surface area contributed by atoms with E-state index in [1.165, 1.54) is 16.4 Å². The first kappa shape index (κ1) is 22.9.